The first kappa shape index (κ1) is 13.5. The highest BCUT2D eigenvalue weighted by Crippen LogP contribution is 2.14. The maximum Gasteiger partial charge on any atom is 0.272 e. The SMILES string of the molecule is CC(C)CNC(=O)c1ncn2cc(C(C)C)ncc12. The molecule has 2 heterocycles. The van der Waals surface area contributed by atoms with Gasteiger partial charge >= 0.3 is 0 Å². The summed E-state index contributed by atoms with van der Waals surface area (Å²) >= 11 is 0. The van der Waals surface area contributed by atoms with E-state index in [1.807, 2.05) is 10.6 Å². The van der Waals surface area contributed by atoms with Crippen molar-refractivity contribution in [3.63, 3.8) is 0 Å². The molecule has 0 saturated carbocycles. The summed E-state index contributed by atoms with van der Waals surface area (Å²) in [6, 6.07) is 0. The Morgan fingerprint density at radius 3 is 2.68 bits per heavy atom. The van der Waals surface area contributed by atoms with Gasteiger partial charge in [-0.2, -0.15) is 0 Å². The van der Waals surface area contributed by atoms with Crippen LogP contribution < -0.4 is 5.32 Å². The number of carbonyl (C=O) groups is 1. The summed E-state index contributed by atoms with van der Waals surface area (Å²) in [5, 5.41) is 2.87. The van der Waals surface area contributed by atoms with Crippen LogP contribution in [0.1, 0.15) is 49.8 Å². The number of rotatable bonds is 4. The zero-order valence-corrected chi connectivity index (χ0v) is 11.8. The first-order valence-electron chi connectivity index (χ1n) is 6.59. The maximum absolute atomic E-state index is 12.0. The first-order chi connectivity index (χ1) is 8.99. The molecule has 0 spiro atoms. The first-order valence-corrected chi connectivity index (χ1v) is 6.59. The van der Waals surface area contributed by atoms with Crippen molar-refractivity contribution in [3.8, 4) is 0 Å². The summed E-state index contributed by atoms with van der Waals surface area (Å²) < 4.78 is 1.85. The maximum atomic E-state index is 12.0. The van der Waals surface area contributed by atoms with E-state index in [1.54, 1.807) is 12.5 Å². The van der Waals surface area contributed by atoms with Gasteiger partial charge in [0.2, 0.25) is 0 Å². The van der Waals surface area contributed by atoms with E-state index in [1.165, 1.54) is 0 Å². The zero-order valence-electron chi connectivity index (χ0n) is 11.8. The molecule has 0 bridgehead atoms. The molecule has 0 fully saturated rings. The lowest BCUT2D eigenvalue weighted by molar-refractivity contribution is 0.0946. The third-order valence-electron chi connectivity index (χ3n) is 2.92. The van der Waals surface area contributed by atoms with Crippen molar-refractivity contribution in [2.75, 3.05) is 6.54 Å². The fourth-order valence-electron chi connectivity index (χ4n) is 1.77. The van der Waals surface area contributed by atoms with Crippen molar-refractivity contribution in [1.82, 2.24) is 19.7 Å². The highest BCUT2D eigenvalue weighted by molar-refractivity contribution is 5.98. The minimum absolute atomic E-state index is 0.143. The van der Waals surface area contributed by atoms with Crippen LogP contribution in [0.4, 0.5) is 0 Å². The second-order valence-corrected chi connectivity index (χ2v) is 5.46. The van der Waals surface area contributed by atoms with Crippen molar-refractivity contribution < 1.29 is 4.79 Å². The molecule has 2 aromatic heterocycles. The molecule has 0 saturated heterocycles. The molecule has 5 nitrogen and oxygen atoms in total. The van der Waals surface area contributed by atoms with Crippen LogP contribution in [0.15, 0.2) is 18.7 Å². The van der Waals surface area contributed by atoms with E-state index in [-0.39, 0.29) is 5.91 Å². The second kappa shape index (κ2) is 5.38. The van der Waals surface area contributed by atoms with Gasteiger partial charge in [-0.05, 0) is 11.8 Å². The topological polar surface area (TPSA) is 59.3 Å². The van der Waals surface area contributed by atoms with Crippen LogP contribution in [0, 0.1) is 5.92 Å². The lowest BCUT2D eigenvalue weighted by Gasteiger charge is -2.07. The highest BCUT2D eigenvalue weighted by atomic mass is 16.1. The molecular formula is C14H20N4O. The number of nitrogens with one attached hydrogen (secondary N) is 1. The molecule has 0 unspecified atom stereocenters. The van der Waals surface area contributed by atoms with Gasteiger partial charge in [-0.15, -0.1) is 0 Å². The number of hydrogen-bond acceptors (Lipinski definition) is 3. The van der Waals surface area contributed by atoms with E-state index in [9.17, 15) is 4.79 Å². The normalized spacial score (nSPS) is 11.5. The fraction of sp³-hybridized carbons (Fsp3) is 0.500. The van der Waals surface area contributed by atoms with Gasteiger partial charge in [-0.3, -0.25) is 9.78 Å². The van der Waals surface area contributed by atoms with E-state index in [0.717, 1.165) is 11.2 Å². The highest BCUT2D eigenvalue weighted by Gasteiger charge is 2.14. The molecule has 1 amide bonds. The van der Waals surface area contributed by atoms with Gasteiger partial charge in [0.15, 0.2) is 5.69 Å². The van der Waals surface area contributed by atoms with Gasteiger partial charge in [-0.1, -0.05) is 27.7 Å². The van der Waals surface area contributed by atoms with Crippen molar-refractivity contribution in [1.29, 1.82) is 0 Å². The Bertz CT molecular complexity index is 586. The summed E-state index contributed by atoms with van der Waals surface area (Å²) in [4.78, 5) is 20.6. The molecule has 1 N–H and O–H groups in total. The molecular weight excluding hydrogens is 240 g/mol. The van der Waals surface area contributed by atoms with E-state index in [0.29, 0.717) is 24.1 Å². The second-order valence-electron chi connectivity index (χ2n) is 5.46. The molecule has 0 aliphatic carbocycles. The zero-order chi connectivity index (χ0) is 14.0. The smallest absolute Gasteiger partial charge is 0.272 e. The number of aromatic nitrogens is 3. The van der Waals surface area contributed by atoms with E-state index < -0.39 is 0 Å². The third kappa shape index (κ3) is 2.92. The Kier molecular flexibility index (Phi) is 3.83. The molecule has 0 atom stereocenters. The Labute approximate surface area is 113 Å². The number of amides is 1. The predicted octanol–water partition coefficient (Wildman–Crippen LogP) is 2.24. The van der Waals surface area contributed by atoms with Crippen LogP contribution >= 0.6 is 0 Å². The monoisotopic (exact) mass is 260 g/mol. The predicted molar refractivity (Wildman–Crippen MR) is 74.2 cm³/mol. The van der Waals surface area contributed by atoms with E-state index in [2.05, 4.69) is 43.0 Å². The molecule has 0 radical (unpaired) electrons. The summed E-state index contributed by atoms with van der Waals surface area (Å²) in [7, 11) is 0. The Morgan fingerprint density at radius 1 is 1.32 bits per heavy atom. The van der Waals surface area contributed by atoms with Crippen LogP contribution in [0.2, 0.25) is 0 Å². The van der Waals surface area contributed by atoms with Crippen molar-refractivity contribution in [3.05, 3.63) is 30.1 Å². The molecule has 102 valence electrons. The average Bonchev–Trinajstić information content (AvgIpc) is 2.78. The summed E-state index contributed by atoms with van der Waals surface area (Å²) in [5.41, 5.74) is 2.16. The number of nitrogens with zero attached hydrogens (tertiary/aromatic N) is 3. The Hall–Kier alpha value is -1.91. The summed E-state index contributed by atoms with van der Waals surface area (Å²) in [5.74, 6) is 0.629. The van der Waals surface area contributed by atoms with Gasteiger partial charge in [0.05, 0.1) is 17.4 Å². The molecule has 5 heteroatoms. The largest absolute Gasteiger partial charge is 0.350 e. The fourth-order valence-corrected chi connectivity index (χ4v) is 1.77. The minimum Gasteiger partial charge on any atom is -0.350 e. The van der Waals surface area contributed by atoms with Gasteiger partial charge in [0.25, 0.3) is 5.91 Å². The molecule has 2 rings (SSSR count). The lowest BCUT2D eigenvalue weighted by Crippen LogP contribution is -2.27. The van der Waals surface area contributed by atoms with Gasteiger partial charge < -0.3 is 9.72 Å². The summed E-state index contributed by atoms with van der Waals surface area (Å²) in [6.07, 6.45) is 5.30. The Morgan fingerprint density at radius 2 is 2.05 bits per heavy atom. The molecule has 2 aromatic rings. The number of fused-ring (bicyclic) bond motifs is 1. The number of hydrogen-bond donors (Lipinski definition) is 1. The molecule has 0 aliphatic heterocycles. The molecule has 0 aromatic carbocycles. The molecule has 19 heavy (non-hydrogen) atoms. The van der Waals surface area contributed by atoms with Crippen LogP contribution in [0.25, 0.3) is 5.52 Å². The van der Waals surface area contributed by atoms with Crippen LogP contribution in [0.3, 0.4) is 0 Å². The van der Waals surface area contributed by atoms with Crippen LogP contribution in [-0.4, -0.2) is 26.8 Å². The van der Waals surface area contributed by atoms with Crippen molar-refractivity contribution in [2.45, 2.75) is 33.6 Å². The average molecular weight is 260 g/mol. The van der Waals surface area contributed by atoms with Gasteiger partial charge in [-0.25, -0.2) is 4.98 Å². The van der Waals surface area contributed by atoms with Gasteiger partial charge in [0.1, 0.15) is 6.33 Å². The standard InChI is InChI=1S/C14H20N4O/c1-9(2)5-16-14(19)13-12-6-15-11(10(3)4)7-18(12)8-17-13/h6-10H,5H2,1-4H3,(H,16,19). The lowest BCUT2D eigenvalue weighted by atomic mass is 10.1. The van der Waals surface area contributed by atoms with Gasteiger partial charge in [0, 0.05) is 12.7 Å². The van der Waals surface area contributed by atoms with Crippen LogP contribution in [-0.2, 0) is 0 Å². The van der Waals surface area contributed by atoms with E-state index in [4.69, 9.17) is 0 Å². The van der Waals surface area contributed by atoms with Crippen LogP contribution in [0.5, 0.6) is 0 Å². The van der Waals surface area contributed by atoms with Crippen molar-refractivity contribution >= 4 is 11.4 Å². The summed E-state index contributed by atoms with van der Waals surface area (Å²) in [6.45, 7) is 8.93. The van der Waals surface area contributed by atoms with E-state index >= 15 is 0 Å². The number of imidazole rings is 1. The minimum atomic E-state index is -0.143. The third-order valence-corrected chi connectivity index (χ3v) is 2.92. The Balaban J connectivity index is 2.28. The quantitative estimate of drug-likeness (QED) is 0.917. The van der Waals surface area contributed by atoms with Crippen molar-refractivity contribution in [2.24, 2.45) is 5.92 Å². The molecule has 0 aliphatic rings. The number of carbonyl (C=O) groups excluding carboxylic acids is 1.